The van der Waals surface area contributed by atoms with Gasteiger partial charge in [-0.1, -0.05) is 49.5 Å². The number of aromatic nitrogens is 2. The highest BCUT2D eigenvalue weighted by molar-refractivity contribution is 7.05. The minimum Gasteiger partial charge on any atom is -0.387 e. The van der Waals surface area contributed by atoms with E-state index in [0.29, 0.717) is 6.42 Å². The molecule has 3 nitrogen and oxygen atoms in total. The minimum absolute atomic E-state index is 0.162. The zero-order chi connectivity index (χ0) is 14.0. The van der Waals surface area contributed by atoms with Crippen molar-refractivity contribution in [2.75, 3.05) is 0 Å². The third-order valence-corrected chi connectivity index (χ3v) is 4.17. The average Bonchev–Trinajstić information content (AvgIpc) is 2.75. The van der Waals surface area contributed by atoms with E-state index in [1.54, 1.807) is 0 Å². The fraction of sp³-hybridized carbons (Fsp3) is 0.467. The molecule has 1 aromatic heterocycles. The van der Waals surface area contributed by atoms with Crippen molar-refractivity contribution in [1.29, 1.82) is 0 Å². The standard InChI is InChI=1S/C15H20N2OS/c1-10-14(19-17-16-10)13(18)9-11-5-7-12(8-6-11)15(2,3)4/h5-8,13,18H,9H2,1-4H3. The molecule has 102 valence electrons. The summed E-state index contributed by atoms with van der Waals surface area (Å²) in [5, 5.41) is 14.1. The lowest BCUT2D eigenvalue weighted by Crippen LogP contribution is -2.11. The van der Waals surface area contributed by atoms with Gasteiger partial charge in [-0.15, -0.1) is 5.10 Å². The van der Waals surface area contributed by atoms with E-state index >= 15 is 0 Å². The van der Waals surface area contributed by atoms with Gasteiger partial charge in [-0.2, -0.15) is 0 Å². The van der Waals surface area contributed by atoms with Crippen molar-refractivity contribution in [2.24, 2.45) is 0 Å². The largest absolute Gasteiger partial charge is 0.387 e. The van der Waals surface area contributed by atoms with Crippen LogP contribution in [0.2, 0.25) is 0 Å². The maximum absolute atomic E-state index is 10.2. The van der Waals surface area contributed by atoms with Gasteiger partial charge in [0.25, 0.3) is 0 Å². The predicted octanol–water partition coefficient (Wildman–Crippen LogP) is 3.42. The Kier molecular flexibility index (Phi) is 4.02. The van der Waals surface area contributed by atoms with E-state index in [-0.39, 0.29) is 5.41 Å². The van der Waals surface area contributed by atoms with E-state index in [4.69, 9.17) is 0 Å². The first-order valence-corrected chi connectivity index (χ1v) is 7.21. The highest BCUT2D eigenvalue weighted by Crippen LogP contribution is 2.26. The molecule has 0 amide bonds. The Bertz CT molecular complexity index is 540. The smallest absolute Gasteiger partial charge is 0.0957 e. The second kappa shape index (κ2) is 5.39. The van der Waals surface area contributed by atoms with Gasteiger partial charge in [-0.3, -0.25) is 0 Å². The Morgan fingerprint density at radius 1 is 1.21 bits per heavy atom. The lowest BCUT2D eigenvalue weighted by atomic mass is 9.86. The van der Waals surface area contributed by atoms with Crippen molar-refractivity contribution in [3.8, 4) is 0 Å². The van der Waals surface area contributed by atoms with E-state index in [2.05, 4.69) is 54.6 Å². The molecule has 4 heteroatoms. The zero-order valence-electron chi connectivity index (χ0n) is 11.8. The van der Waals surface area contributed by atoms with Crippen molar-refractivity contribution in [3.63, 3.8) is 0 Å². The van der Waals surface area contributed by atoms with Crippen molar-refractivity contribution in [3.05, 3.63) is 46.0 Å². The Hall–Kier alpha value is -1.26. The number of hydrogen-bond acceptors (Lipinski definition) is 4. The van der Waals surface area contributed by atoms with Crippen LogP contribution < -0.4 is 0 Å². The van der Waals surface area contributed by atoms with E-state index in [1.165, 1.54) is 17.1 Å². The summed E-state index contributed by atoms with van der Waals surface area (Å²) in [5.41, 5.74) is 3.42. The van der Waals surface area contributed by atoms with Crippen LogP contribution in [0.25, 0.3) is 0 Å². The summed E-state index contributed by atoms with van der Waals surface area (Å²) in [6.07, 6.45) is 0.0928. The van der Waals surface area contributed by atoms with Crippen LogP contribution in [0.1, 0.15) is 48.6 Å². The molecule has 0 aliphatic heterocycles. The van der Waals surface area contributed by atoms with Gasteiger partial charge in [-0.05, 0) is 35.0 Å². The van der Waals surface area contributed by atoms with Gasteiger partial charge in [0.05, 0.1) is 16.7 Å². The Labute approximate surface area is 118 Å². The zero-order valence-corrected chi connectivity index (χ0v) is 12.7. The quantitative estimate of drug-likeness (QED) is 0.934. The molecule has 0 spiro atoms. The average molecular weight is 276 g/mol. The van der Waals surface area contributed by atoms with Gasteiger partial charge in [0, 0.05) is 6.42 Å². The first-order valence-electron chi connectivity index (χ1n) is 6.44. The first kappa shape index (κ1) is 14.2. The van der Waals surface area contributed by atoms with Gasteiger partial charge < -0.3 is 5.11 Å². The molecule has 0 aliphatic carbocycles. The summed E-state index contributed by atoms with van der Waals surface area (Å²) in [6.45, 7) is 8.47. The summed E-state index contributed by atoms with van der Waals surface area (Å²) in [5.74, 6) is 0. The molecule has 2 aromatic rings. The second-order valence-electron chi connectivity index (χ2n) is 5.89. The molecule has 1 N–H and O–H groups in total. The Morgan fingerprint density at radius 3 is 2.32 bits per heavy atom. The van der Waals surface area contributed by atoms with Gasteiger partial charge in [0.2, 0.25) is 0 Å². The van der Waals surface area contributed by atoms with Crippen LogP contribution in [-0.2, 0) is 11.8 Å². The number of aliphatic hydroxyl groups is 1. The maximum atomic E-state index is 10.2. The van der Waals surface area contributed by atoms with Crippen LogP contribution in [0.5, 0.6) is 0 Å². The summed E-state index contributed by atoms with van der Waals surface area (Å²) in [6, 6.07) is 8.46. The summed E-state index contributed by atoms with van der Waals surface area (Å²) in [7, 11) is 0. The molecule has 0 fully saturated rings. The molecule has 0 aliphatic rings. The lowest BCUT2D eigenvalue weighted by molar-refractivity contribution is 0.181. The third kappa shape index (κ3) is 3.39. The molecule has 19 heavy (non-hydrogen) atoms. The number of hydrogen-bond donors (Lipinski definition) is 1. The van der Waals surface area contributed by atoms with Crippen LogP contribution in [0.15, 0.2) is 24.3 Å². The van der Waals surface area contributed by atoms with Crippen molar-refractivity contribution < 1.29 is 5.11 Å². The summed E-state index contributed by atoms with van der Waals surface area (Å²) < 4.78 is 3.86. The molecule has 0 radical (unpaired) electrons. The van der Waals surface area contributed by atoms with Gasteiger partial charge >= 0.3 is 0 Å². The van der Waals surface area contributed by atoms with Crippen LogP contribution in [-0.4, -0.2) is 14.7 Å². The first-order chi connectivity index (χ1) is 8.88. The molecule has 0 saturated heterocycles. The second-order valence-corrected chi connectivity index (χ2v) is 6.68. The normalized spacial score (nSPS) is 13.5. The van der Waals surface area contributed by atoms with Crippen molar-refractivity contribution in [1.82, 2.24) is 9.59 Å². The topological polar surface area (TPSA) is 46.0 Å². The lowest BCUT2D eigenvalue weighted by Gasteiger charge is -2.19. The Balaban J connectivity index is 2.10. The molecule has 0 bridgehead atoms. The molecule has 1 atom stereocenters. The number of nitrogens with zero attached hydrogens (tertiary/aromatic N) is 2. The monoisotopic (exact) mass is 276 g/mol. The highest BCUT2D eigenvalue weighted by Gasteiger charge is 2.16. The number of rotatable bonds is 3. The molecular formula is C15H20N2OS. The molecule has 0 saturated carbocycles. The predicted molar refractivity (Wildman–Crippen MR) is 78.5 cm³/mol. The van der Waals surface area contributed by atoms with Crippen molar-refractivity contribution >= 4 is 11.5 Å². The van der Waals surface area contributed by atoms with Gasteiger partial charge in [0.15, 0.2) is 0 Å². The van der Waals surface area contributed by atoms with Gasteiger partial charge in [0.1, 0.15) is 0 Å². The summed E-state index contributed by atoms with van der Waals surface area (Å²) >= 11 is 1.27. The highest BCUT2D eigenvalue weighted by atomic mass is 32.1. The molecule has 1 aromatic carbocycles. The van der Waals surface area contributed by atoms with E-state index in [9.17, 15) is 5.11 Å². The minimum atomic E-state index is -0.513. The van der Waals surface area contributed by atoms with E-state index < -0.39 is 6.10 Å². The summed E-state index contributed by atoms with van der Waals surface area (Å²) in [4.78, 5) is 0.861. The van der Waals surface area contributed by atoms with E-state index in [1.807, 2.05) is 6.92 Å². The molecule has 1 unspecified atom stereocenters. The third-order valence-electron chi connectivity index (χ3n) is 3.24. The number of aryl methyl sites for hydroxylation is 1. The maximum Gasteiger partial charge on any atom is 0.0957 e. The fourth-order valence-corrected chi connectivity index (χ4v) is 2.63. The SMILES string of the molecule is Cc1nnsc1C(O)Cc1ccc(C(C)(C)C)cc1. The molecule has 2 rings (SSSR count). The fourth-order valence-electron chi connectivity index (χ4n) is 2.00. The number of aliphatic hydroxyl groups excluding tert-OH is 1. The van der Waals surface area contributed by atoms with Gasteiger partial charge in [-0.25, -0.2) is 0 Å². The molecule has 1 heterocycles. The van der Waals surface area contributed by atoms with E-state index in [0.717, 1.165) is 16.1 Å². The molecular weight excluding hydrogens is 256 g/mol. The van der Waals surface area contributed by atoms with Crippen LogP contribution in [0, 0.1) is 6.92 Å². The van der Waals surface area contributed by atoms with Crippen LogP contribution in [0.4, 0.5) is 0 Å². The van der Waals surface area contributed by atoms with Crippen LogP contribution in [0.3, 0.4) is 0 Å². The van der Waals surface area contributed by atoms with Crippen molar-refractivity contribution in [2.45, 2.75) is 45.6 Å². The number of benzene rings is 1. The Morgan fingerprint density at radius 2 is 1.84 bits per heavy atom. The van der Waals surface area contributed by atoms with Crippen LogP contribution >= 0.6 is 11.5 Å².